The Hall–Kier alpha value is -2.82. The van der Waals surface area contributed by atoms with Crippen molar-refractivity contribution in [2.75, 3.05) is 0 Å². The minimum Gasteiger partial charge on any atom is -0.292 e. The van der Waals surface area contributed by atoms with Crippen LogP contribution in [0.25, 0.3) is 10.9 Å². The van der Waals surface area contributed by atoms with Crippen molar-refractivity contribution in [3.8, 4) is 0 Å². The van der Waals surface area contributed by atoms with E-state index >= 15 is 0 Å². The van der Waals surface area contributed by atoms with E-state index in [0.717, 1.165) is 5.56 Å². The maximum absolute atomic E-state index is 13.1. The van der Waals surface area contributed by atoms with E-state index in [0.29, 0.717) is 10.9 Å². The van der Waals surface area contributed by atoms with Crippen molar-refractivity contribution in [2.24, 2.45) is 0 Å². The van der Waals surface area contributed by atoms with Gasteiger partial charge in [-0.1, -0.05) is 24.3 Å². The summed E-state index contributed by atoms with van der Waals surface area (Å²) in [6, 6.07) is 11.0. The Balaban J connectivity index is 2.00. The van der Waals surface area contributed by atoms with Gasteiger partial charge in [0.15, 0.2) is 5.78 Å². The van der Waals surface area contributed by atoms with Crippen molar-refractivity contribution in [1.29, 1.82) is 0 Å². The fourth-order valence-corrected chi connectivity index (χ4v) is 2.37. The van der Waals surface area contributed by atoms with Crippen molar-refractivity contribution < 1.29 is 9.18 Å². The number of Topliss-reactive ketones (excluding diaryl/α,β-unsaturated/α-hetero) is 1. The summed E-state index contributed by atoms with van der Waals surface area (Å²) in [5.74, 6) is -0.614. The quantitative estimate of drug-likeness (QED) is 0.698. The third-order valence-electron chi connectivity index (χ3n) is 3.55. The fourth-order valence-electron chi connectivity index (χ4n) is 2.37. The molecule has 0 saturated heterocycles. The van der Waals surface area contributed by atoms with Crippen molar-refractivity contribution in [3.63, 3.8) is 0 Å². The molecule has 22 heavy (non-hydrogen) atoms. The van der Waals surface area contributed by atoms with Gasteiger partial charge in [0.25, 0.3) is 5.56 Å². The van der Waals surface area contributed by atoms with Crippen LogP contribution in [0.1, 0.15) is 15.9 Å². The summed E-state index contributed by atoms with van der Waals surface area (Å²) in [4.78, 5) is 28.7. The van der Waals surface area contributed by atoms with E-state index in [1.807, 2.05) is 19.1 Å². The molecule has 0 unspecified atom stereocenters. The zero-order valence-corrected chi connectivity index (χ0v) is 11.9. The van der Waals surface area contributed by atoms with E-state index in [1.54, 1.807) is 12.1 Å². The lowest BCUT2D eigenvalue weighted by molar-refractivity contribution is 0.0970. The van der Waals surface area contributed by atoms with Crippen molar-refractivity contribution in [2.45, 2.75) is 13.5 Å². The summed E-state index contributed by atoms with van der Waals surface area (Å²) >= 11 is 0. The SMILES string of the molecule is Cc1ccccc1C(=O)Cn1cnc2cc(F)ccc2c1=O. The third-order valence-corrected chi connectivity index (χ3v) is 3.55. The molecule has 0 spiro atoms. The molecule has 0 bridgehead atoms. The number of aryl methyl sites for hydroxylation is 1. The van der Waals surface area contributed by atoms with E-state index in [9.17, 15) is 14.0 Å². The molecule has 1 heterocycles. The molecule has 5 heteroatoms. The number of halogens is 1. The predicted molar refractivity (Wildman–Crippen MR) is 81.5 cm³/mol. The highest BCUT2D eigenvalue weighted by Crippen LogP contribution is 2.11. The van der Waals surface area contributed by atoms with Crippen LogP contribution in [-0.2, 0) is 6.54 Å². The largest absolute Gasteiger partial charge is 0.292 e. The van der Waals surface area contributed by atoms with Crippen molar-refractivity contribution in [3.05, 3.63) is 76.1 Å². The summed E-state index contributed by atoms with van der Waals surface area (Å²) in [5.41, 5.74) is 1.36. The molecule has 0 N–H and O–H groups in total. The lowest BCUT2D eigenvalue weighted by Crippen LogP contribution is -2.25. The van der Waals surface area contributed by atoms with Crippen LogP contribution in [-0.4, -0.2) is 15.3 Å². The molecule has 0 fully saturated rings. The normalized spacial score (nSPS) is 10.8. The van der Waals surface area contributed by atoms with E-state index in [4.69, 9.17) is 0 Å². The van der Waals surface area contributed by atoms with Gasteiger partial charge in [0.1, 0.15) is 5.82 Å². The number of aromatic nitrogens is 2. The molecule has 1 aromatic heterocycles. The molecule has 2 aromatic carbocycles. The Labute approximate surface area is 125 Å². The van der Waals surface area contributed by atoms with Crippen LogP contribution in [0.5, 0.6) is 0 Å². The van der Waals surface area contributed by atoms with E-state index in [1.165, 1.54) is 29.1 Å². The molecule has 0 saturated carbocycles. The van der Waals surface area contributed by atoms with Gasteiger partial charge in [-0.3, -0.25) is 14.2 Å². The summed E-state index contributed by atoms with van der Waals surface area (Å²) in [5, 5.41) is 0.293. The average Bonchev–Trinajstić information content (AvgIpc) is 2.50. The van der Waals surface area contributed by atoms with Gasteiger partial charge in [0.2, 0.25) is 0 Å². The Morgan fingerprint density at radius 3 is 2.77 bits per heavy atom. The van der Waals surface area contributed by atoms with Crippen molar-refractivity contribution in [1.82, 2.24) is 9.55 Å². The summed E-state index contributed by atoms with van der Waals surface area (Å²) in [6.45, 7) is 1.75. The molecule has 110 valence electrons. The maximum Gasteiger partial charge on any atom is 0.261 e. The van der Waals surface area contributed by atoms with Crippen LogP contribution in [0, 0.1) is 12.7 Å². The highest BCUT2D eigenvalue weighted by atomic mass is 19.1. The molecule has 0 radical (unpaired) electrons. The van der Waals surface area contributed by atoms with Crippen LogP contribution < -0.4 is 5.56 Å². The molecule has 0 aliphatic heterocycles. The Kier molecular flexibility index (Phi) is 3.55. The monoisotopic (exact) mass is 296 g/mol. The second kappa shape index (κ2) is 5.52. The second-order valence-corrected chi connectivity index (χ2v) is 5.08. The number of rotatable bonds is 3. The molecule has 3 rings (SSSR count). The molecule has 0 amide bonds. The first-order chi connectivity index (χ1) is 10.6. The van der Waals surface area contributed by atoms with Crippen LogP contribution in [0.3, 0.4) is 0 Å². The summed E-state index contributed by atoms with van der Waals surface area (Å²) in [6.07, 6.45) is 1.28. The van der Waals surface area contributed by atoms with Crippen LogP contribution >= 0.6 is 0 Å². The first-order valence-electron chi connectivity index (χ1n) is 6.80. The van der Waals surface area contributed by atoms with Gasteiger partial charge in [-0.05, 0) is 24.6 Å². The molecular formula is C17H13FN2O2. The van der Waals surface area contributed by atoms with Gasteiger partial charge in [-0.2, -0.15) is 0 Å². The molecule has 0 atom stereocenters. The maximum atomic E-state index is 13.1. The highest BCUT2D eigenvalue weighted by Gasteiger charge is 2.12. The number of carbonyl (C=O) groups is 1. The van der Waals surface area contributed by atoms with Crippen LogP contribution in [0.4, 0.5) is 4.39 Å². The number of hydrogen-bond acceptors (Lipinski definition) is 3. The van der Waals surface area contributed by atoms with Gasteiger partial charge >= 0.3 is 0 Å². The Morgan fingerprint density at radius 1 is 1.23 bits per heavy atom. The third kappa shape index (κ3) is 2.53. The van der Waals surface area contributed by atoms with Gasteiger partial charge in [0.05, 0.1) is 23.8 Å². The first kappa shape index (κ1) is 14.1. The topological polar surface area (TPSA) is 52.0 Å². The lowest BCUT2D eigenvalue weighted by atomic mass is 10.1. The van der Waals surface area contributed by atoms with E-state index in [-0.39, 0.29) is 23.4 Å². The van der Waals surface area contributed by atoms with Gasteiger partial charge < -0.3 is 0 Å². The van der Waals surface area contributed by atoms with Gasteiger partial charge in [-0.25, -0.2) is 9.37 Å². The highest BCUT2D eigenvalue weighted by molar-refractivity contribution is 5.97. The van der Waals surface area contributed by atoms with E-state index in [2.05, 4.69) is 4.98 Å². The smallest absolute Gasteiger partial charge is 0.261 e. The number of fused-ring (bicyclic) bond motifs is 1. The van der Waals surface area contributed by atoms with Crippen LogP contribution in [0.2, 0.25) is 0 Å². The molecule has 0 aliphatic carbocycles. The standard InChI is InChI=1S/C17H13FN2O2/c1-11-4-2-3-5-13(11)16(21)9-20-10-19-15-8-12(18)6-7-14(15)17(20)22/h2-8,10H,9H2,1H3. The number of ketones is 1. The van der Waals surface area contributed by atoms with Crippen LogP contribution in [0.15, 0.2) is 53.6 Å². The molecule has 0 aliphatic rings. The molecular weight excluding hydrogens is 283 g/mol. The van der Waals surface area contributed by atoms with Gasteiger partial charge in [0, 0.05) is 11.6 Å². The average molecular weight is 296 g/mol. The summed E-state index contributed by atoms with van der Waals surface area (Å²) in [7, 11) is 0. The molecule has 3 aromatic rings. The Bertz CT molecular complexity index is 931. The van der Waals surface area contributed by atoms with Crippen molar-refractivity contribution >= 4 is 16.7 Å². The fraction of sp³-hybridized carbons (Fsp3) is 0.118. The van der Waals surface area contributed by atoms with Gasteiger partial charge in [-0.15, -0.1) is 0 Å². The minimum atomic E-state index is -0.451. The predicted octanol–water partition coefficient (Wildman–Crippen LogP) is 2.73. The lowest BCUT2D eigenvalue weighted by Gasteiger charge is -2.08. The number of nitrogens with zero attached hydrogens (tertiary/aromatic N) is 2. The Morgan fingerprint density at radius 2 is 2.00 bits per heavy atom. The minimum absolute atomic E-state index is 0.0933. The second-order valence-electron chi connectivity index (χ2n) is 5.08. The number of carbonyl (C=O) groups excluding carboxylic acids is 1. The number of hydrogen-bond donors (Lipinski definition) is 0. The van der Waals surface area contributed by atoms with E-state index < -0.39 is 5.82 Å². The zero-order valence-electron chi connectivity index (χ0n) is 11.9. The number of benzene rings is 2. The summed E-state index contributed by atoms with van der Waals surface area (Å²) < 4.78 is 14.4. The zero-order chi connectivity index (χ0) is 15.7. The first-order valence-corrected chi connectivity index (χ1v) is 6.80. The molecule has 4 nitrogen and oxygen atoms in total.